The number of hydrogen-bond donors (Lipinski definition) is 2. The van der Waals surface area contributed by atoms with Crippen LogP contribution in [0.2, 0.25) is 0 Å². The SMILES string of the molecule is CCCCC/C=C\C/C=C\C/C=C\C=C\C(=O)CCCC(=O)N[C@@H](COP(=O)([O-])OCC[N+](C)(C)C)[C@H](O)/C=C/CCCCCCCCCCCCCC. The molecule has 3 atom stereocenters. The predicted octanol–water partition coefficient (Wildman–Crippen LogP) is 10.0. The Bertz CT molecular complexity index is 1130. The summed E-state index contributed by atoms with van der Waals surface area (Å²) in [6.45, 7) is 4.39. The zero-order chi connectivity index (χ0) is 40.2. The molecule has 0 spiro atoms. The number of aliphatic hydroxyl groups is 1. The van der Waals surface area contributed by atoms with E-state index in [4.69, 9.17) is 9.05 Å². The lowest BCUT2D eigenvalue weighted by atomic mass is 10.0. The van der Waals surface area contributed by atoms with Gasteiger partial charge in [0.25, 0.3) is 7.82 Å². The average molecular weight is 779 g/mol. The second-order valence-corrected chi connectivity index (χ2v) is 16.8. The van der Waals surface area contributed by atoms with E-state index in [1.807, 2.05) is 39.4 Å². The Labute approximate surface area is 330 Å². The molecule has 0 aromatic heterocycles. The number of nitrogens with one attached hydrogen (secondary N) is 1. The molecule has 10 heteroatoms. The van der Waals surface area contributed by atoms with Crippen LogP contribution in [-0.2, 0) is 23.2 Å². The van der Waals surface area contributed by atoms with E-state index in [2.05, 4.69) is 43.5 Å². The second kappa shape index (κ2) is 35.3. The number of aliphatic hydroxyl groups excluding tert-OH is 1. The van der Waals surface area contributed by atoms with Gasteiger partial charge in [-0.1, -0.05) is 152 Å². The van der Waals surface area contributed by atoms with E-state index in [0.717, 1.165) is 38.5 Å². The van der Waals surface area contributed by atoms with Gasteiger partial charge in [-0.3, -0.25) is 14.2 Å². The fourth-order valence-electron chi connectivity index (χ4n) is 5.52. The van der Waals surface area contributed by atoms with Crippen molar-refractivity contribution in [1.29, 1.82) is 0 Å². The van der Waals surface area contributed by atoms with Gasteiger partial charge in [-0.15, -0.1) is 0 Å². The van der Waals surface area contributed by atoms with Gasteiger partial charge in [-0.2, -0.15) is 0 Å². The van der Waals surface area contributed by atoms with Crippen molar-refractivity contribution in [2.45, 2.75) is 167 Å². The fourth-order valence-corrected chi connectivity index (χ4v) is 6.24. The number of nitrogens with zero attached hydrogens (tertiary/aromatic N) is 1. The van der Waals surface area contributed by atoms with Crippen LogP contribution in [0.3, 0.4) is 0 Å². The molecular weight excluding hydrogens is 699 g/mol. The normalized spacial score (nSPS) is 14.9. The maximum absolute atomic E-state index is 12.8. The van der Waals surface area contributed by atoms with E-state index in [-0.39, 0.29) is 25.2 Å². The van der Waals surface area contributed by atoms with Crippen LogP contribution >= 0.6 is 7.82 Å². The molecular formula is C44H79N2O7P. The molecule has 0 saturated heterocycles. The minimum atomic E-state index is -4.65. The largest absolute Gasteiger partial charge is 0.756 e. The molecule has 1 unspecified atom stereocenters. The second-order valence-electron chi connectivity index (χ2n) is 15.4. The molecule has 312 valence electrons. The van der Waals surface area contributed by atoms with Crippen LogP contribution in [-0.4, -0.2) is 74.3 Å². The first-order chi connectivity index (χ1) is 25.9. The van der Waals surface area contributed by atoms with Gasteiger partial charge < -0.3 is 28.8 Å². The summed E-state index contributed by atoms with van der Waals surface area (Å²) in [5, 5.41) is 13.6. The molecule has 9 nitrogen and oxygen atoms in total. The third-order valence-corrected chi connectivity index (χ3v) is 9.91. The molecule has 0 bridgehead atoms. The molecule has 2 N–H and O–H groups in total. The number of carbonyl (C=O) groups is 2. The van der Waals surface area contributed by atoms with Gasteiger partial charge in [-0.05, 0) is 51.0 Å². The molecule has 1 amide bonds. The molecule has 0 saturated carbocycles. The van der Waals surface area contributed by atoms with Gasteiger partial charge in [0, 0.05) is 12.8 Å². The van der Waals surface area contributed by atoms with Crippen molar-refractivity contribution >= 4 is 19.5 Å². The monoisotopic (exact) mass is 779 g/mol. The Balaban J connectivity index is 4.71. The number of quaternary nitrogens is 1. The molecule has 0 aliphatic heterocycles. The van der Waals surface area contributed by atoms with Gasteiger partial charge in [-0.25, -0.2) is 0 Å². The summed E-state index contributed by atoms with van der Waals surface area (Å²) < 4.78 is 23.0. The lowest BCUT2D eigenvalue weighted by molar-refractivity contribution is -0.870. The first kappa shape index (κ1) is 51.9. The third kappa shape index (κ3) is 36.8. The van der Waals surface area contributed by atoms with Crippen molar-refractivity contribution in [1.82, 2.24) is 5.32 Å². The van der Waals surface area contributed by atoms with Gasteiger partial charge >= 0.3 is 0 Å². The number of likely N-dealkylation sites (N-methyl/N-ethyl adjacent to an activating group) is 1. The third-order valence-electron chi connectivity index (χ3n) is 8.95. The number of phosphoric acid groups is 1. The maximum Gasteiger partial charge on any atom is 0.268 e. The highest BCUT2D eigenvalue weighted by molar-refractivity contribution is 7.45. The molecule has 0 aliphatic rings. The Morgan fingerprint density at radius 2 is 1.24 bits per heavy atom. The van der Waals surface area contributed by atoms with Crippen molar-refractivity contribution in [2.75, 3.05) is 40.9 Å². The summed E-state index contributed by atoms with van der Waals surface area (Å²) in [4.78, 5) is 37.5. The zero-order valence-electron chi connectivity index (χ0n) is 34.9. The van der Waals surface area contributed by atoms with Crippen LogP contribution in [0.4, 0.5) is 0 Å². The highest BCUT2D eigenvalue weighted by atomic mass is 31.2. The average Bonchev–Trinajstić information content (AvgIpc) is 3.11. The molecule has 54 heavy (non-hydrogen) atoms. The highest BCUT2D eigenvalue weighted by Crippen LogP contribution is 2.38. The summed E-state index contributed by atoms with van der Waals surface area (Å²) in [5.74, 6) is -0.488. The molecule has 0 radical (unpaired) electrons. The smallest absolute Gasteiger partial charge is 0.268 e. The molecule has 0 aliphatic carbocycles. The van der Waals surface area contributed by atoms with Crippen molar-refractivity contribution in [2.24, 2.45) is 0 Å². The lowest BCUT2D eigenvalue weighted by Gasteiger charge is -2.29. The Kier molecular flexibility index (Phi) is 33.9. The summed E-state index contributed by atoms with van der Waals surface area (Å²) >= 11 is 0. The van der Waals surface area contributed by atoms with Gasteiger partial charge in [0.05, 0.1) is 39.9 Å². The van der Waals surface area contributed by atoms with Crippen molar-refractivity contribution in [3.63, 3.8) is 0 Å². The first-order valence-corrected chi connectivity index (χ1v) is 22.6. The Hall–Kier alpha value is -2.13. The number of carbonyl (C=O) groups excluding carboxylic acids is 2. The number of unbranched alkanes of at least 4 members (excludes halogenated alkanes) is 15. The number of ketones is 1. The lowest BCUT2D eigenvalue weighted by Crippen LogP contribution is -2.45. The van der Waals surface area contributed by atoms with Crippen LogP contribution in [0.5, 0.6) is 0 Å². The van der Waals surface area contributed by atoms with Crippen molar-refractivity contribution in [3.05, 3.63) is 60.8 Å². The number of allylic oxidation sites excluding steroid dienone is 9. The van der Waals surface area contributed by atoms with E-state index in [0.29, 0.717) is 17.4 Å². The van der Waals surface area contributed by atoms with Crippen molar-refractivity contribution < 1.29 is 37.7 Å². The number of hydrogen-bond acceptors (Lipinski definition) is 7. The Morgan fingerprint density at radius 3 is 1.87 bits per heavy atom. The van der Waals surface area contributed by atoms with Crippen LogP contribution < -0.4 is 10.2 Å². The highest BCUT2D eigenvalue weighted by Gasteiger charge is 2.23. The van der Waals surface area contributed by atoms with Crippen molar-refractivity contribution in [3.8, 4) is 0 Å². The molecule has 0 aromatic rings. The Morgan fingerprint density at radius 1 is 0.704 bits per heavy atom. The van der Waals surface area contributed by atoms with Gasteiger partial charge in [0.1, 0.15) is 13.2 Å². The number of rotatable bonds is 37. The molecule has 0 heterocycles. The van der Waals surface area contributed by atoms with E-state index >= 15 is 0 Å². The van der Waals surface area contributed by atoms with E-state index in [1.54, 1.807) is 12.2 Å². The predicted molar refractivity (Wildman–Crippen MR) is 224 cm³/mol. The number of phosphoric ester groups is 1. The van der Waals surface area contributed by atoms with Crippen LogP contribution in [0.1, 0.15) is 155 Å². The quantitative estimate of drug-likeness (QED) is 0.0161. The summed E-state index contributed by atoms with van der Waals surface area (Å²) in [5.41, 5.74) is 0. The van der Waals surface area contributed by atoms with E-state index in [1.165, 1.54) is 89.5 Å². The summed E-state index contributed by atoms with van der Waals surface area (Å²) in [6, 6.07) is -1.00. The van der Waals surface area contributed by atoms with Crippen LogP contribution in [0.25, 0.3) is 0 Å². The molecule has 0 aromatic carbocycles. The van der Waals surface area contributed by atoms with Crippen LogP contribution in [0, 0.1) is 0 Å². The minimum absolute atomic E-state index is 0.0464. The summed E-state index contributed by atoms with van der Waals surface area (Å²) in [6.07, 6.45) is 41.1. The number of amides is 1. The topological polar surface area (TPSA) is 125 Å². The van der Waals surface area contributed by atoms with Crippen LogP contribution in [0.15, 0.2) is 60.8 Å². The zero-order valence-corrected chi connectivity index (χ0v) is 35.8. The van der Waals surface area contributed by atoms with E-state index in [9.17, 15) is 24.2 Å². The standard InChI is InChI=1S/C44H79N2O7P/c1-6-8-10-12-14-16-18-20-22-24-26-28-30-32-36-43(48)42(40-53-54(50,51)52-39-38-46(3,4)5)45-44(49)37-33-35-41(47)34-31-29-27-25-23-21-19-17-15-13-11-9-7-2/h15,17,21,23,27,29,31-32,34,36,42-43,48H,6-14,16,18-20,22,24-26,28,30,33,35,37-40H2,1-5H3,(H-,45,49,50,51)/b17-15-,23-21-,29-27-,34-31+,36-32+/t42-,43+/m0/s1. The minimum Gasteiger partial charge on any atom is -0.756 e. The fraction of sp³-hybridized carbons (Fsp3) is 0.727. The molecule has 0 rings (SSSR count). The summed E-state index contributed by atoms with van der Waals surface area (Å²) in [7, 11) is 1.11. The maximum atomic E-state index is 12.8. The first-order valence-electron chi connectivity index (χ1n) is 21.1. The van der Waals surface area contributed by atoms with Gasteiger partial charge in [0.2, 0.25) is 5.91 Å². The molecule has 0 fully saturated rings. The van der Waals surface area contributed by atoms with Gasteiger partial charge in [0.15, 0.2) is 5.78 Å². The van der Waals surface area contributed by atoms with E-state index < -0.39 is 32.5 Å².